The lowest BCUT2D eigenvalue weighted by Gasteiger charge is -2.33. The molecule has 1 saturated carbocycles. The van der Waals surface area contributed by atoms with Gasteiger partial charge in [-0.05, 0) is 60.3 Å². The summed E-state index contributed by atoms with van der Waals surface area (Å²) in [5.74, 6) is 1.74. The van der Waals surface area contributed by atoms with Crippen LogP contribution in [-0.4, -0.2) is 91.4 Å². The van der Waals surface area contributed by atoms with Crippen LogP contribution in [0.2, 0.25) is 5.28 Å². The molecule has 2 aromatic heterocycles. The number of nitrogens with one attached hydrogen (secondary N) is 1. The zero-order chi connectivity index (χ0) is 34.7. The van der Waals surface area contributed by atoms with E-state index in [4.69, 9.17) is 36.3 Å². The number of carbonyl (C=O) groups excluding carboxylic acids is 1. The van der Waals surface area contributed by atoms with E-state index in [1.807, 2.05) is 36.2 Å². The maximum atomic E-state index is 14.8. The third kappa shape index (κ3) is 7.76. The number of anilines is 3. The molecule has 15 heteroatoms. The van der Waals surface area contributed by atoms with Crippen LogP contribution in [0.3, 0.4) is 0 Å². The average Bonchev–Trinajstić information content (AvgIpc) is 3.69. The molecule has 1 amide bonds. The number of fused-ring (bicyclic) bond motifs is 1. The van der Waals surface area contributed by atoms with E-state index in [1.54, 1.807) is 27.4 Å². The van der Waals surface area contributed by atoms with E-state index >= 15 is 0 Å². The summed E-state index contributed by atoms with van der Waals surface area (Å²) in [6.45, 7) is 2.37. The minimum atomic E-state index is -1.12. The fourth-order valence-corrected chi connectivity index (χ4v) is 6.77. The second kappa shape index (κ2) is 15.0. The summed E-state index contributed by atoms with van der Waals surface area (Å²) in [5.41, 5.74) is 10.3. The SMILES string of the molecule is COc1ccc(CN(C)c2nc(Cl)nc3c2ncn3C(=O)N[C@@H]2C[C@@H](F)C[C@H]2OCc2cc(N)cc(N3CCC(OC)CC3)c2)c(OC)c1. The first-order valence-electron chi connectivity index (χ1n) is 16.2. The number of imidazole rings is 1. The molecule has 1 aliphatic carbocycles. The number of methoxy groups -OCH3 is 3. The summed E-state index contributed by atoms with van der Waals surface area (Å²) in [6.07, 6.45) is 2.12. The Bertz CT molecular complexity index is 1790. The third-order valence-electron chi connectivity index (χ3n) is 9.19. The fraction of sp³-hybridized carbons (Fsp3) is 0.471. The quantitative estimate of drug-likeness (QED) is 0.162. The predicted octanol–water partition coefficient (Wildman–Crippen LogP) is 4.97. The Morgan fingerprint density at radius 2 is 1.90 bits per heavy atom. The number of piperidine rings is 1. The van der Waals surface area contributed by atoms with Crippen molar-refractivity contribution in [3.05, 3.63) is 59.1 Å². The fourth-order valence-electron chi connectivity index (χ4n) is 6.61. The van der Waals surface area contributed by atoms with Crippen LogP contribution < -0.4 is 30.3 Å². The third-order valence-corrected chi connectivity index (χ3v) is 9.36. The van der Waals surface area contributed by atoms with Gasteiger partial charge in [0.15, 0.2) is 17.0 Å². The van der Waals surface area contributed by atoms with Crippen molar-refractivity contribution >= 4 is 46.0 Å². The zero-order valence-electron chi connectivity index (χ0n) is 28.1. The van der Waals surface area contributed by atoms with Crippen molar-refractivity contribution in [1.82, 2.24) is 24.8 Å². The number of nitrogens with zero attached hydrogens (tertiary/aromatic N) is 6. The number of hydrogen-bond acceptors (Lipinski definition) is 11. The maximum absolute atomic E-state index is 14.8. The van der Waals surface area contributed by atoms with Gasteiger partial charge < -0.3 is 39.8 Å². The van der Waals surface area contributed by atoms with Gasteiger partial charge in [0.05, 0.1) is 39.1 Å². The minimum absolute atomic E-state index is 0.0546. The van der Waals surface area contributed by atoms with Gasteiger partial charge in [-0.15, -0.1) is 0 Å². The Labute approximate surface area is 289 Å². The highest BCUT2D eigenvalue weighted by Gasteiger charge is 2.37. The first-order chi connectivity index (χ1) is 23.6. The number of benzene rings is 2. The number of amides is 1. The summed E-state index contributed by atoms with van der Waals surface area (Å²) in [5, 5.41) is 2.88. The molecule has 2 aliphatic rings. The van der Waals surface area contributed by atoms with Crippen molar-refractivity contribution in [1.29, 1.82) is 0 Å². The largest absolute Gasteiger partial charge is 0.497 e. The molecular formula is C34H42ClFN8O5. The van der Waals surface area contributed by atoms with Crippen LogP contribution in [0, 0.1) is 0 Å². The van der Waals surface area contributed by atoms with E-state index in [-0.39, 0.29) is 36.5 Å². The molecular weight excluding hydrogens is 655 g/mol. The molecule has 1 saturated heterocycles. The highest BCUT2D eigenvalue weighted by molar-refractivity contribution is 6.28. The molecule has 0 unspecified atom stereocenters. The standard InChI is InChI=1S/C34H42ClFN8O5/c1-42(17-21-5-6-26(47-3)16-28(21)48-4)31-30-32(41-33(35)40-31)44(19-38-30)34(45)39-27-13-22(36)14-29(27)49-18-20-11-23(37)15-24(12-20)43-9-7-25(46-2)8-10-43/h5-6,11-12,15-16,19,22,25,27,29H,7-10,13-14,17-18,37H2,1-4H3,(H,39,45)/t22-,27-,29-/m1/s1. The average molecular weight is 697 g/mol. The molecule has 0 bridgehead atoms. The van der Waals surface area contributed by atoms with E-state index in [0.717, 1.165) is 42.7 Å². The van der Waals surface area contributed by atoms with Crippen LogP contribution in [0.1, 0.15) is 36.8 Å². The normalized spacial score (nSPS) is 19.7. The molecule has 4 aromatic rings. The van der Waals surface area contributed by atoms with Crippen LogP contribution >= 0.6 is 11.6 Å². The number of carbonyl (C=O) groups is 1. The molecule has 262 valence electrons. The van der Waals surface area contributed by atoms with Crippen LogP contribution in [0.15, 0.2) is 42.7 Å². The molecule has 1 aliphatic heterocycles. The summed E-state index contributed by atoms with van der Waals surface area (Å²) in [4.78, 5) is 30.9. The number of hydrogen-bond donors (Lipinski definition) is 2. The lowest BCUT2D eigenvalue weighted by molar-refractivity contribution is 0.0273. The van der Waals surface area contributed by atoms with Gasteiger partial charge in [-0.3, -0.25) is 0 Å². The molecule has 49 heavy (non-hydrogen) atoms. The molecule has 2 fully saturated rings. The van der Waals surface area contributed by atoms with Gasteiger partial charge in [-0.2, -0.15) is 9.97 Å². The Kier molecular flexibility index (Phi) is 10.6. The summed E-state index contributed by atoms with van der Waals surface area (Å²) < 4.78 is 38.6. The van der Waals surface area contributed by atoms with Gasteiger partial charge in [0.2, 0.25) is 5.28 Å². The van der Waals surface area contributed by atoms with Gasteiger partial charge in [-0.1, -0.05) is 0 Å². The zero-order valence-corrected chi connectivity index (χ0v) is 28.8. The molecule has 13 nitrogen and oxygen atoms in total. The van der Waals surface area contributed by atoms with Gasteiger partial charge in [0.25, 0.3) is 0 Å². The molecule has 3 heterocycles. The Hall–Kier alpha value is -4.40. The van der Waals surface area contributed by atoms with E-state index in [0.29, 0.717) is 35.1 Å². The lowest BCUT2D eigenvalue weighted by atomic mass is 10.1. The molecule has 0 radical (unpaired) electrons. The van der Waals surface area contributed by atoms with E-state index in [1.165, 1.54) is 10.9 Å². The lowest BCUT2D eigenvalue weighted by Crippen LogP contribution is -2.43. The van der Waals surface area contributed by atoms with Crippen LogP contribution in [0.5, 0.6) is 11.5 Å². The summed E-state index contributed by atoms with van der Waals surface area (Å²) >= 11 is 6.35. The number of alkyl halides is 1. The van der Waals surface area contributed by atoms with Gasteiger partial charge in [0, 0.05) is 69.6 Å². The second-order valence-electron chi connectivity index (χ2n) is 12.5. The highest BCUT2D eigenvalue weighted by atomic mass is 35.5. The summed E-state index contributed by atoms with van der Waals surface area (Å²) in [6, 6.07) is 10.3. The number of aromatic nitrogens is 4. The molecule has 0 spiro atoms. The molecule has 2 aromatic carbocycles. The van der Waals surface area contributed by atoms with Gasteiger partial charge in [-0.25, -0.2) is 18.7 Å². The predicted molar refractivity (Wildman–Crippen MR) is 186 cm³/mol. The molecule has 6 rings (SSSR count). The summed E-state index contributed by atoms with van der Waals surface area (Å²) in [7, 11) is 6.75. The van der Waals surface area contributed by atoms with Crippen molar-refractivity contribution in [3.8, 4) is 11.5 Å². The van der Waals surface area contributed by atoms with Gasteiger partial charge >= 0.3 is 6.03 Å². The first-order valence-corrected chi connectivity index (χ1v) is 16.6. The minimum Gasteiger partial charge on any atom is -0.497 e. The van der Waals surface area contributed by atoms with E-state index in [2.05, 4.69) is 31.2 Å². The Morgan fingerprint density at radius 1 is 1.10 bits per heavy atom. The van der Waals surface area contributed by atoms with Crippen LogP contribution in [0.25, 0.3) is 11.2 Å². The monoisotopic (exact) mass is 696 g/mol. The number of rotatable bonds is 11. The van der Waals surface area contributed by atoms with Crippen LogP contribution in [0.4, 0.5) is 26.4 Å². The van der Waals surface area contributed by atoms with Crippen molar-refractivity contribution < 1.29 is 28.1 Å². The van der Waals surface area contributed by atoms with Crippen molar-refractivity contribution in [3.63, 3.8) is 0 Å². The number of nitrogen functional groups attached to an aromatic ring is 1. The van der Waals surface area contributed by atoms with Crippen molar-refractivity contribution in [2.24, 2.45) is 0 Å². The van der Waals surface area contributed by atoms with E-state index < -0.39 is 24.3 Å². The highest BCUT2D eigenvalue weighted by Crippen LogP contribution is 2.31. The van der Waals surface area contributed by atoms with Crippen LogP contribution in [-0.2, 0) is 22.6 Å². The first kappa shape index (κ1) is 34.5. The van der Waals surface area contributed by atoms with Crippen molar-refractivity contribution in [2.45, 2.75) is 63.3 Å². The topological polar surface area (TPSA) is 142 Å². The van der Waals surface area contributed by atoms with Crippen molar-refractivity contribution in [2.75, 3.05) is 57.0 Å². The Morgan fingerprint density at radius 3 is 2.63 bits per heavy atom. The Balaban J connectivity index is 1.14. The van der Waals surface area contributed by atoms with E-state index in [9.17, 15) is 9.18 Å². The van der Waals surface area contributed by atoms with Gasteiger partial charge in [0.1, 0.15) is 24.0 Å². The smallest absolute Gasteiger partial charge is 0.328 e. The number of nitrogens with two attached hydrogens (primary N) is 1. The maximum Gasteiger partial charge on any atom is 0.328 e. The molecule has 3 N–H and O–H groups in total. The molecule has 3 atom stereocenters. The second-order valence-corrected chi connectivity index (χ2v) is 12.8. The number of ether oxygens (including phenoxy) is 4. The number of halogens is 2.